The number of hydrogen-bond donors (Lipinski definition) is 1. The molecule has 1 aliphatic carbocycles. The molecule has 0 aromatic carbocycles. The molecule has 3 nitrogen and oxygen atoms in total. The predicted octanol–water partition coefficient (Wildman–Crippen LogP) is 2.93. The van der Waals surface area contributed by atoms with Crippen molar-refractivity contribution in [2.45, 2.75) is 50.0 Å². The summed E-state index contributed by atoms with van der Waals surface area (Å²) in [6.07, 6.45) is 6.88. The van der Waals surface area contributed by atoms with Crippen molar-refractivity contribution in [1.82, 2.24) is 9.97 Å². The molecule has 1 aliphatic rings. The standard InChI is InChI=1S/C12H19N3S/c1-9-7-11(13)15-12(14-9)8-16-10-5-3-2-4-6-10/h7,10H,2-6,8H2,1H3,(H2,13,14,15). The third kappa shape index (κ3) is 3.37. The maximum atomic E-state index is 5.71. The van der Waals surface area contributed by atoms with Crippen LogP contribution in [0.3, 0.4) is 0 Å². The molecular weight excluding hydrogens is 218 g/mol. The number of aromatic nitrogens is 2. The van der Waals surface area contributed by atoms with Crippen molar-refractivity contribution in [2.24, 2.45) is 0 Å². The second-order valence-electron chi connectivity index (χ2n) is 4.42. The van der Waals surface area contributed by atoms with E-state index >= 15 is 0 Å². The Labute approximate surface area is 101 Å². The van der Waals surface area contributed by atoms with Crippen molar-refractivity contribution in [3.05, 3.63) is 17.6 Å². The average molecular weight is 237 g/mol. The van der Waals surface area contributed by atoms with Crippen molar-refractivity contribution in [2.75, 3.05) is 5.73 Å². The fraction of sp³-hybridized carbons (Fsp3) is 0.667. The fourth-order valence-corrected chi connectivity index (χ4v) is 3.33. The van der Waals surface area contributed by atoms with Gasteiger partial charge in [0, 0.05) is 17.0 Å². The molecule has 16 heavy (non-hydrogen) atoms. The topological polar surface area (TPSA) is 51.8 Å². The van der Waals surface area contributed by atoms with Gasteiger partial charge in [-0.3, -0.25) is 0 Å². The molecule has 2 rings (SSSR count). The average Bonchev–Trinajstić information content (AvgIpc) is 2.27. The van der Waals surface area contributed by atoms with Gasteiger partial charge in [-0.1, -0.05) is 19.3 Å². The minimum Gasteiger partial charge on any atom is -0.384 e. The molecule has 1 aromatic heterocycles. The van der Waals surface area contributed by atoms with Gasteiger partial charge in [-0.05, 0) is 19.8 Å². The lowest BCUT2D eigenvalue weighted by molar-refractivity contribution is 0.516. The monoisotopic (exact) mass is 237 g/mol. The second-order valence-corrected chi connectivity index (χ2v) is 5.71. The Bertz CT molecular complexity index is 328. The SMILES string of the molecule is Cc1cc(N)nc(CSC2CCCCC2)n1. The van der Waals surface area contributed by atoms with Crippen LogP contribution in [0, 0.1) is 6.92 Å². The Morgan fingerprint density at radius 2 is 2.06 bits per heavy atom. The summed E-state index contributed by atoms with van der Waals surface area (Å²) in [7, 11) is 0. The molecule has 0 spiro atoms. The summed E-state index contributed by atoms with van der Waals surface area (Å²) < 4.78 is 0. The van der Waals surface area contributed by atoms with Gasteiger partial charge in [0.25, 0.3) is 0 Å². The van der Waals surface area contributed by atoms with Crippen LogP contribution in [0.4, 0.5) is 5.82 Å². The molecule has 0 unspecified atom stereocenters. The number of aryl methyl sites for hydroxylation is 1. The molecule has 1 aromatic rings. The Hall–Kier alpha value is -0.770. The van der Waals surface area contributed by atoms with Gasteiger partial charge in [0.15, 0.2) is 0 Å². The number of anilines is 1. The largest absolute Gasteiger partial charge is 0.384 e. The van der Waals surface area contributed by atoms with Gasteiger partial charge in [-0.15, -0.1) is 0 Å². The molecule has 2 N–H and O–H groups in total. The zero-order valence-electron chi connectivity index (χ0n) is 9.78. The normalized spacial score (nSPS) is 17.6. The summed E-state index contributed by atoms with van der Waals surface area (Å²) in [5.41, 5.74) is 6.67. The highest BCUT2D eigenvalue weighted by atomic mass is 32.2. The molecule has 0 aliphatic heterocycles. The summed E-state index contributed by atoms with van der Waals surface area (Å²) >= 11 is 1.99. The predicted molar refractivity (Wildman–Crippen MR) is 69.3 cm³/mol. The van der Waals surface area contributed by atoms with Gasteiger partial charge in [-0.2, -0.15) is 11.8 Å². The first-order valence-electron chi connectivity index (χ1n) is 5.95. The van der Waals surface area contributed by atoms with Gasteiger partial charge in [0.05, 0.1) is 5.75 Å². The number of nitrogen functional groups attached to an aromatic ring is 1. The molecule has 0 atom stereocenters. The van der Waals surface area contributed by atoms with E-state index in [1.807, 2.05) is 24.8 Å². The smallest absolute Gasteiger partial charge is 0.140 e. The second kappa shape index (κ2) is 5.53. The van der Waals surface area contributed by atoms with Crippen molar-refractivity contribution in [3.63, 3.8) is 0 Å². The molecule has 1 heterocycles. The molecule has 0 bridgehead atoms. The fourth-order valence-electron chi connectivity index (χ4n) is 2.14. The van der Waals surface area contributed by atoms with Crippen LogP contribution in [0.15, 0.2) is 6.07 Å². The van der Waals surface area contributed by atoms with Crippen molar-refractivity contribution >= 4 is 17.6 Å². The van der Waals surface area contributed by atoms with Crippen LogP contribution in [0.5, 0.6) is 0 Å². The Kier molecular flexibility index (Phi) is 4.04. The van der Waals surface area contributed by atoms with Crippen LogP contribution in [-0.4, -0.2) is 15.2 Å². The lowest BCUT2D eigenvalue weighted by Gasteiger charge is -2.20. The highest BCUT2D eigenvalue weighted by Gasteiger charge is 2.14. The van der Waals surface area contributed by atoms with Gasteiger partial charge < -0.3 is 5.73 Å². The van der Waals surface area contributed by atoms with Crippen LogP contribution in [0.25, 0.3) is 0 Å². The van der Waals surface area contributed by atoms with Crippen LogP contribution in [0.2, 0.25) is 0 Å². The third-order valence-electron chi connectivity index (χ3n) is 2.92. The Morgan fingerprint density at radius 1 is 1.31 bits per heavy atom. The van der Waals surface area contributed by atoms with Gasteiger partial charge in [-0.25, -0.2) is 9.97 Å². The molecular formula is C12H19N3S. The molecule has 88 valence electrons. The van der Waals surface area contributed by atoms with Crippen LogP contribution in [-0.2, 0) is 5.75 Å². The van der Waals surface area contributed by atoms with E-state index in [4.69, 9.17) is 5.73 Å². The highest BCUT2D eigenvalue weighted by Crippen LogP contribution is 2.29. The quantitative estimate of drug-likeness (QED) is 0.878. The van der Waals surface area contributed by atoms with Crippen molar-refractivity contribution in [1.29, 1.82) is 0 Å². The van der Waals surface area contributed by atoms with Crippen LogP contribution < -0.4 is 5.73 Å². The van der Waals surface area contributed by atoms with Gasteiger partial charge in [0.1, 0.15) is 11.6 Å². The summed E-state index contributed by atoms with van der Waals surface area (Å²) in [4.78, 5) is 8.67. The van der Waals surface area contributed by atoms with Gasteiger partial charge in [0.2, 0.25) is 0 Å². The van der Waals surface area contributed by atoms with E-state index in [1.165, 1.54) is 32.1 Å². The number of hydrogen-bond acceptors (Lipinski definition) is 4. The minimum atomic E-state index is 0.590. The molecule has 4 heteroatoms. The van der Waals surface area contributed by atoms with Gasteiger partial charge >= 0.3 is 0 Å². The number of nitrogens with zero attached hydrogens (tertiary/aromatic N) is 2. The molecule has 1 fully saturated rings. The maximum absolute atomic E-state index is 5.71. The number of rotatable bonds is 3. The zero-order chi connectivity index (χ0) is 11.4. The number of thioether (sulfide) groups is 1. The minimum absolute atomic E-state index is 0.590. The first-order valence-corrected chi connectivity index (χ1v) is 7.00. The maximum Gasteiger partial charge on any atom is 0.140 e. The van der Waals surface area contributed by atoms with E-state index in [-0.39, 0.29) is 0 Å². The summed E-state index contributed by atoms with van der Waals surface area (Å²) in [5.74, 6) is 2.37. The van der Waals surface area contributed by atoms with E-state index < -0.39 is 0 Å². The van der Waals surface area contributed by atoms with E-state index in [0.717, 1.165) is 22.5 Å². The molecule has 0 saturated heterocycles. The zero-order valence-corrected chi connectivity index (χ0v) is 10.6. The van der Waals surface area contributed by atoms with Crippen molar-refractivity contribution < 1.29 is 0 Å². The van der Waals surface area contributed by atoms with E-state index in [9.17, 15) is 0 Å². The summed E-state index contributed by atoms with van der Waals surface area (Å²) in [6, 6.07) is 1.81. The summed E-state index contributed by atoms with van der Waals surface area (Å²) in [5, 5.41) is 0.805. The van der Waals surface area contributed by atoms with Crippen LogP contribution in [0.1, 0.15) is 43.6 Å². The lowest BCUT2D eigenvalue weighted by Crippen LogP contribution is -2.09. The Morgan fingerprint density at radius 3 is 2.75 bits per heavy atom. The number of nitrogens with two attached hydrogens (primary N) is 1. The third-order valence-corrected chi connectivity index (χ3v) is 4.29. The van der Waals surface area contributed by atoms with E-state index in [1.54, 1.807) is 0 Å². The highest BCUT2D eigenvalue weighted by molar-refractivity contribution is 7.99. The first-order chi connectivity index (χ1) is 7.74. The van der Waals surface area contributed by atoms with Crippen molar-refractivity contribution in [3.8, 4) is 0 Å². The molecule has 1 saturated carbocycles. The van der Waals surface area contributed by atoms with E-state index in [2.05, 4.69) is 9.97 Å². The summed E-state index contributed by atoms with van der Waals surface area (Å²) in [6.45, 7) is 1.97. The molecule has 0 radical (unpaired) electrons. The Balaban J connectivity index is 1.88. The molecule has 0 amide bonds. The van der Waals surface area contributed by atoms with E-state index in [0.29, 0.717) is 5.82 Å². The lowest BCUT2D eigenvalue weighted by atomic mass is 10.0. The van der Waals surface area contributed by atoms with Crippen LogP contribution >= 0.6 is 11.8 Å². The first kappa shape index (κ1) is 11.7.